The van der Waals surface area contributed by atoms with E-state index >= 15 is 0 Å². The predicted octanol–water partition coefficient (Wildman–Crippen LogP) is 2.75. The molecule has 1 heterocycles. The molecule has 0 saturated carbocycles. The van der Waals surface area contributed by atoms with Gasteiger partial charge in [-0.1, -0.05) is 6.07 Å². The number of anilines is 2. The number of hydrogen-bond acceptors (Lipinski definition) is 6. The first kappa shape index (κ1) is 19.2. The molecule has 0 atom stereocenters. The molecule has 0 unspecified atom stereocenters. The highest BCUT2D eigenvalue weighted by Gasteiger charge is 2.22. The van der Waals surface area contributed by atoms with Crippen LogP contribution in [0.3, 0.4) is 0 Å². The first-order valence-corrected chi connectivity index (χ1v) is 8.63. The summed E-state index contributed by atoms with van der Waals surface area (Å²) in [6.45, 7) is 0.403. The Morgan fingerprint density at radius 1 is 1.29 bits per heavy atom. The van der Waals surface area contributed by atoms with Crippen molar-refractivity contribution in [3.8, 4) is 11.5 Å². The van der Waals surface area contributed by atoms with Crippen LogP contribution in [0.4, 0.5) is 17.1 Å². The monoisotopic (exact) mass is 385 g/mol. The van der Waals surface area contributed by atoms with Crippen molar-refractivity contribution in [2.75, 3.05) is 30.5 Å². The van der Waals surface area contributed by atoms with Crippen molar-refractivity contribution in [2.24, 2.45) is 0 Å². The fourth-order valence-corrected chi connectivity index (χ4v) is 2.89. The van der Waals surface area contributed by atoms with Crippen molar-refractivity contribution < 1.29 is 24.0 Å². The van der Waals surface area contributed by atoms with E-state index in [1.807, 2.05) is 6.07 Å². The van der Waals surface area contributed by atoms with Crippen molar-refractivity contribution in [2.45, 2.75) is 12.8 Å². The van der Waals surface area contributed by atoms with Crippen LogP contribution in [0.15, 0.2) is 42.5 Å². The highest BCUT2D eigenvalue weighted by Crippen LogP contribution is 2.29. The van der Waals surface area contributed by atoms with Gasteiger partial charge in [-0.2, -0.15) is 0 Å². The standard InChI is InChI=1S/C19H19N3O6/c1-27-17-11-14(22(25)26)7-8-16(17)20-18(23)12-28-15-5-2-4-13(10-15)21-9-3-6-19(21)24/h2,4-5,7-8,10-11H,3,6,9,12H2,1H3,(H,20,23). The maximum absolute atomic E-state index is 12.2. The third-order valence-electron chi connectivity index (χ3n) is 4.24. The Bertz CT molecular complexity index is 914. The van der Waals surface area contributed by atoms with Gasteiger partial charge >= 0.3 is 0 Å². The third-order valence-corrected chi connectivity index (χ3v) is 4.24. The summed E-state index contributed by atoms with van der Waals surface area (Å²) in [4.78, 5) is 36.0. The molecule has 0 spiro atoms. The summed E-state index contributed by atoms with van der Waals surface area (Å²) < 4.78 is 10.6. The van der Waals surface area contributed by atoms with Crippen molar-refractivity contribution in [1.29, 1.82) is 0 Å². The minimum atomic E-state index is -0.546. The summed E-state index contributed by atoms with van der Waals surface area (Å²) in [6.07, 6.45) is 1.36. The van der Waals surface area contributed by atoms with Crippen molar-refractivity contribution in [3.05, 3.63) is 52.6 Å². The molecule has 28 heavy (non-hydrogen) atoms. The van der Waals surface area contributed by atoms with Gasteiger partial charge in [-0.3, -0.25) is 19.7 Å². The number of nitro benzene ring substituents is 1. The molecule has 146 valence electrons. The SMILES string of the molecule is COc1cc([N+](=O)[O-])ccc1NC(=O)COc1cccc(N2CCCC2=O)c1. The first-order valence-electron chi connectivity index (χ1n) is 8.63. The lowest BCUT2D eigenvalue weighted by Crippen LogP contribution is -2.24. The summed E-state index contributed by atoms with van der Waals surface area (Å²) in [5.74, 6) is 0.259. The second-order valence-corrected chi connectivity index (χ2v) is 6.12. The molecular formula is C19H19N3O6. The van der Waals surface area contributed by atoms with Crippen LogP contribution in [0, 0.1) is 10.1 Å². The van der Waals surface area contributed by atoms with Crippen LogP contribution >= 0.6 is 0 Å². The molecule has 3 rings (SSSR count). The van der Waals surface area contributed by atoms with E-state index in [-0.39, 0.29) is 24.0 Å². The smallest absolute Gasteiger partial charge is 0.273 e. The van der Waals surface area contributed by atoms with E-state index in [9.17, 15) is 19.7 Å². The molecule has 9 nitrogen and oxygen atoms in total. The molecule has 9 heteroatoms. The molecule has 1 saturated heterocycles. The lowest BCUT2D eigenvalue weighted by Gasteiger charge is -2.16. The van der Waals surface area contributed by atoms with Crippen molar-refractivity contribution in [3.63, 3.8) is 0 Å². The molecule has 1 aliphatic rings. The summed E-state index contributed by atoms with van der Waals surface area (Å²) in [5, 5.41) is 13.4. The molecule has 0 aliphatic carbocycles. The van der Waals surface area contributed by atoms with E-state index in [2.05, 4.69) is 5.32 Å². The Hall–Kier alpha value is -3.62. The van der Waals surface area contributed by atoms with Gasteiger partial charge in [0.25, 0.3) is 11.6 Å². The molecule has 1 aliphatic heterocycles. The Morgan fingerprint density at radius 2 is 2.11 bits per heavy atom. The predicted molar refractivity (Wildman–Crippen MR) is 102 cm³/mol. The van der Waals surface area contributed by atoms with Crippen LogP contribution in [0.1, 0.15) is 12.8 Å². The maximum Gasteiger partial charge on any atom is 0.273 e. The zero-order chi connectivity index (χ0) is 20.1. The van der Waals surface area contributed by atoms with Gasteiger partial charge in [0.2, 0.25) is 5.91 Å². The van der Waals surface area contributed by atoms with E-state index in [1.54, 1.807) is 23.1 Å². The van der Waals surface area contributed by atoms with E-state index in [0.29, 0.717) is 24.4 Å². The maximum atomic E-state index is 12.2. The molecule has 1 fully saturated rings. The number of nitrogens with zero attached hydrogens (tertiary/aromatic N) is 2. The van der Waals surface area contributed by atoms with Gasteiger partial charge in [0.15, 0.2) is 6.61 Å². The molecule has 2 amide bonds. The number of methoxy groups -OCH3 is 1. The number of rotatable bonds is 7. The van der Waals surface area contributed by atoms with Crippen molar-refractivity contribution in [1.82, 2.24) is 0 Å². The average molecular weight is 385 g/mol. The molecular weight excluding hydrogens is 366 g/mol. The zero-order valence-electron chi connectivity index (χ0n) is 15.2. The summed E-state index contributed by atoms with van der Waals surface area (Å²) in [6, 6.07) is 10.9. The van der Waals surface area contributed by atoms with Crippen LogP contribution in [0.5, 0.6) is 11.5 Å². The summed E-state index contributed by atoms with van der Waals surface area (Å²) in [5.41, 5.74) is 0.898. The minimum absolute atomic E-state index is 0.0696. The number of ether oxygens (including phenoxy) is 2. The topological polar surface area (TPSA) is 111 Å². The Labute approximate surface area is 161 Å². The van der Waals surface area contributed by atoms with Crippen molar-refractivity contribution >= 4 is 28.9 Å². The van der Waals surface area contributed by atoms with Crippen LogP contribution in [-0.4, -0.2) is 37.0 Å². The van der Waals surface area contributed by atoms with Gasteiger partial charge in [-0.05, 0) is 24.6 Å². The summed E-state index contributed by atoms with van der Waals surface area (Å²) >= 11 is 0. The zero-order valence-corrected chi connectivity index (χ0v) is 15.2. The average Bonchev–Trinajstić information content (AvgIpc) is 3.12. The molecule has 2 aromatic rings. The lowest BCUT2D eigenvalue weighted by atomic mass is 10.2. The van der Waals surface area contributed by atoms with Gasteiger partial charge in [-0.25, -0.2) is 0 Å². The van der Waals surface area contributed by atoms with Crippen LogP contribution in [0.2, 0.25) is 0 Å². The highest BCUT2D eigenvalue weighted by molar-refractivity contribution is 5.95. The Morgan fingerprint density at radius 3 is 2.79 bits per heavy atom. The number of nitrogens with one attached hydrogen (secondary N) is 1. The fraction of sp³-hybridized carbons (Fsp3) is 0.263. The van der Waals surface area contributed by atoms with Gasteiger partial charge < -0.3 is 19.7 Å². The number of carbonyl (C=O) groups excluding carboxylic acids is 2. The summed E-state index contributed by atoms with van der Waals surface area (Å²) in [7, 11) is 1.36. The van der Waals surface area contributed by atoms with Crippen LogP contribution in [0.25, 0.3) is 0 Å². The fourth-order valence-electron chi connectivity index (χ4n) is 2.89. The quantitative estimate of drug-likeness (QED) is 0.579. The largest absolute Gasteiger partial charge is 0.494 e. The molecule has 0 aromatic heterocycles. The number of non-ortho nitro benzene ring substituents is 1. The van der Waals surface area contributed by atoms with E-state index in [4.69, 9.17) is 9.47 Å². The Balaban J connectivity index is 1.62. The van der Waals surface area contributed by atoms with Crippen LogP contribution in [-0.2, 0) is 9.59 Å². The highest BCUT2D eigenvalue weighted by atomic mass is 16.6. The van der Waals surface area contributed by atoms with Gasteiger partial charge in [0.05, 0.1) is 23.8 Å². The number of benzene rings is 2. The molecule has 0 bridgehead atoms. The van der Waals surface area contributed by atoms with Crippen LogP contribution < -0.4 is 19.7 Å². The molecule has 0 radical (unpaired) electrons. The lowest BCUT2D eigenvalue weighted by molar-refractivity contribution is -0.384. The van der Waals surface area contributed by atoms with E-state index in [0.717, 1.165) is 12.1 Å². The second-order valence-electron chi connectivity index (χ2n) is 6.12. The first-order chi connectivity index (χ1) is 13.5. The molecule has 2 aromatic carbocycles. The minimum Gasteiger partial charge on any atom is -0.494 e. The van der Waals surface area contributed by atoms with E-state index in [1.165, 1.54) is 25.3 Å². The number of carbonyl (C=O) groups is 2. The Kier molecular flexibility index (Phi) is 5.73. The third kappa shape index (κ3) is 4.37. The normalized spacial score (nSPS) is 13.3. The number of amides is 2. The van der Waals surface area contributed by atoms with E-state index < -0.39 is 10.8 Å². The van der Waals surface area contributed by atoms with Gasteiger partial charge in [-0.15, -0.1) is 0 Å². The van der Waals surface area contributed by atoms with Gasteiger partial charge in [0, 0.05) is 30.8 Å². The molecule has 1 N–H and O–H groups in total. The number of nitro groups is 1. The number of hydrogen-bond donors (Lipinski definition) is 1. The second kappa shape index (κ2) is 8.38. The van der Waals surface area contributed by atoms with Gasteiger partial charge in [0.1, 0.15) is 11.5 Å².